The maximum absolute atomic E-state index is 5.65. The summed E-state index contributed by atoms with van der Waals surface area (Å²) in [7, 11) is 1.62. The topological polar surface area (TPSA) is 60.2 Å². The van der Waals surface area contributed by atoms with E-state index in [4.69, 9.17) is 10.6 Å². The summed E-state index contributed by atoms with van der Waals surface area (Å²) in [6.45, 7) is 0. The molecule has 0 radical (unpaired) electrons. The molecule has 0 aliphatic carbocycles. The second-order valence-corrected chi connectivity index (χ2v) is 6.72. The number of hydrogen-bond acceptors (Lipinski definition) is 5. The van der Waals surface area contributed by atoms with Crippen molar-refractivity contribution in [3.05, 3.63) is 43.2 Å². The van der Waals surface area contributed by atoms with Crippen LogP contribution in [-0.2, 0) is 0 Å². The minimum absolute atomic E-state index is 0.200. The number of aromatic nitrogens is 1. The lowest BCUT2D eigenvalue weighted by molar-refractivity contribution is 0.401. The zero-order valence-electron chi connectivity index (χ0n) is 9.48. The highest BCUT2D eigenvalue weighted by molar-refractivity contribution is 9.13. The molecule has 0 saturated heterocycles. The van der Waals surface area contributed by atoms with Gasteiger partial charge in [0.1, 0.15) is 17.5 Å². The fourth-order valence-electron chi connectivity index (χ4n) is 1.59. The SMILES string of the molecule is COc1cccnc1C(NN)c1cc(Br)c(Br)s1. The number of nitrogens with zero attached hydrogens (tertiary/aromatic N) is 1. The number of nitrogens with one attached hydrogen (secondary N) is 1. The molecule has 0 saturated carbocycles. The lowest BCUT2D eigenvalue weighted by Gasteiger charge is -2.16. The minimum Gasteiger partial charge on any atom is -0.495 e. The van der Waals surface area contributed by atoms with Crippen LogP contribution in [0.3, 0.4) is 0 Å². The maximum atomic E-state index is 5.65. The smallest absolute Gasteiger partial charge is 0.142 e. The van der Waals surface area contributed by atoms with Gasteiger partial charge in [-0.15, -0.1) is 11.3 Å². The van der Waals surface area contributed by atoms with Gasteiger partial charge in [-0.2, -0.15) is 0 Å². The summed E-state index contributed by atoms with van der Waals surface area (Å²) in [5, 5.41) is 0. The molecule has 0 bridgehead atoms. The van der Waals surface area contributed by atoms with Crippen LogP contribution in [0.2, 0.25) is 0 Å². The van der Waals surface area contributed by atoms with Gasteiger partial charge in [-0.05, 0) is 50.1 Å². The second-order valence-electron chi connectivity index (χ2n) is 3.46. The Kier molecular flexibility index (Phi) is 4.74. The summed E-state index contributed by atoms with van der Waals surface area (Å²) < 4.78 is 7.33. The molecule has 3 N–H and O–H groups in total. The molecule has 0 fully saturated rings. The number of pyridine rings is 1. The summed E-state index contributed by atoms with van der Waals surface area (Å²) in [6, 6.07) is 5.50. The first-order valence-electron chi connectivity index (χ1n) is 5.07. The van der Waals surface area contributed by atoms with E-state index in [1.165, 1.54) is 0 Å². The Morgan fingerprint density at radius 1 is 1.50 bits per heavy atom. The number of hydrogen-bond donors (Lipinski definition) is 2. The van der Waals surface area contributed by atoms with Gasteiger partial charge in [0.25, 0.3) is 0 Å². The molecule has 0 aromatic carbocycles. The van der Waals surface area contributed by atoms with Gasteiger partial charge >= 0.3 is 0 Å². The van der Waals surface area contributed by atoms with Crippen LogP contribution < -0.4 is 16.0 Å². The Labute approximate surface area is 126 Å². The van der Waals surface area contributed by atoms with E-state index >= 15 is 0 Å². The van der Waals surface area contributed by atoms with Gasteiger partial charge < -0.3 is 4.74 Å². The molecule has 0 aliphatic heterocycles. The van der Waals surface area contributed by atoms with Crippen molar-refractivity contribution in [2.24, 2.45) is 5.84 Å². The molecule has 0 aliphatic rings. The monoisotopic (exact) mass is 391 g/mol. The third kappa shape index (κ3) is 2.75. The van der Waals surface area contributed by atoms with Gasteiger partial charge in [-0.1, -0.05) is 0 Å². The van der Waals surface area contributed by atoms with Gasteiger partial charge in [0.05, 0.1) is 10.9 Å². The summed E-state index contributed by atoms with van der Waals surface area (Å²) >= 11 is 8.53. The van der Waals surface area contributed by atoms with Gasteiger partial charge in [0.15, 0.2) is 0 Å². The first kappa shape index (κ1) is 14.0. The zero-order chi connectivity index (χ0) is 13.1. The summed E-state index contributed by atoms with van der Waals surface area (Å²) in [5.74, 6) is 6.36. The predicted molar refractivity (Wildman–Crippen MR) is 79.7 cm³/mol. The van der Waals surface area contributed by atoms with Crippen molar-refractivity contribution in [1.29, 1.82) is 0 Å². The van der Waals surface area contributed by atoms with Crippen LogP contribution in [0.1, 0.15) is 16.6 Å². The Balaban J connectivity index is 2.45. The van der Waals surface area contributed by atoms with Crippen LogP contribution in [0, 0.1) is 0 Å². The third-order valence-electron chi connectivity index (χ3n) is 2.41. The zero-order valence-corrected chi connectivity index (χ0v) is 13.5. The van der Waals surface area contributed by atoms with Crippen LogP contribution in [0.15, 0.2) is 32.7 Å². The first-order valence-corrected chi connectivity index (χ1v) is 7.47. The molecule has 4 nitrogen and oxygen atoms in total. The minimum atomic E-state index is -0.200. The van der Waals surface area contributed by atoms with E-state index in [2.05, 4.69) is 42.3 Å². The molecule has 0 amide bonds. The molecular formula is C11H11Br2N3OS. The van der Waals surface area contributed by atoms with Crippen molar-refractivity contribution < 1.29 is 4.74 Å². The Bertz CT molecular complexity index is 527. The second kappa shape index (κ2) is 6.12. The van der Waals surface area contributed by atoms with Crippen molar-refractivity contribution in [3.8, 4) is 5.75 Å². The van der Waals surface area contributed by atoms with Crippen LogP contribution in [0.25, 0.3) is 0 Å². The Morgan fingerprint density at radius 2 is 2.28 bits per heavy atom. The molecule has 7 heteroatoms. The van der Waals surface area contributed by atoms with Crippen molar-refractivity contribution >= 4 is 43.2 Å². The van der Waals surface area contributed by atoms with Gasteiger partial charge in [-0.3, -0.25) is 10.8 Å². The quantitative estimate of drug-likeness (QED) is 0.619. The molecule has 2 rings (SSSR count). The van der Waals surface area contributed by atoms with Crippen LogP contribution in [-0.4, -0.2) is 12.1 Å². The molecule has 2 aromatic heterocycles. The van der Waals surface area contributed by atoms with E-state index in [0.29, 0.717) is 5.75 Å². The van der Waals surface area contributed by atoms with E-state index in [9.17, 15) is 0 Å². The molecule has 18 heavy (non-hydrogen) atoms. The highest BCUT2D eigenvalue weighted by atomic mass is 79.9. The number of ether oxygens (including phenoxy) is 1. The number of hydrazine groups is 1. The van der Waals surface area contributed by atoms with E-state index in [0.717, 1.165) is 18.8 Å². The molecular weight excluding hydrogens is 382 g/mol. The molecule has 1 atom stereocenters. The largest absolute Gasteiger partial charge is 0.495 e. The van der Waals surface area contributed by atoms with Gasteiger partial charge in [0.2, 0.25) is 0 Å². The molecule has 0 spiro atoms. The van der Waals surface area contributed by atoms with E-state index < -0.39 is 0 Å². The number of nitrogens with two attached hydrogens (primary N) is 1. The highest BCUT2D eigenvalue weighted by Crippen LogP contribution is 2.38. The van der Waals surface area contributed by atoms with Gasteiger partial charge in [0, 0.05) is 15.5 Å². The van der Waals surface area contributed by atoms with Crippen molar-refractivity contribution in [2.45, 2.75) is 6.04 Å². The Morgan fingerprint density at radius 3 is 2.83 bits per heavy atom. The Hall–Kier alpha value is -0.470. The number of methoxy groups -OCH3 is 1. The molecule has 2 heterocycles. The average Bonchev–Trinajstić information content (AvgIpc) is 2.71. The van der Waals surface area contributed by atoms with Crippen molar-refractivity contribution in [2.75, 3.05) is 7.11 Å². The fraction of sp³-hybridized carbons (Fsp3) is 0.182. The van der Waals surface area contributed by atoms with Crippen molar-refractivity contribution in [1.82, 2.24) is 10.4 Å². The average molecular weight is 393 g/mol. The first-order chi connectivity index (χ1) is 8.67. The van der Waals surface area contributed by atoms with E-state index in [1.807, 2.05) is 18.2 Å². The molecule has 1 unspecified atom stereocenters. The fourth-order valence-corrected chi connectivity index (χ4v) is 3.75. The predicted octanol–water partition coefficient (Wildman–Crippen LogP) is 3.23. The molecule has 2 aromatic rings. The normalized spacial score (nSPS) is 12.4. The summed E-state index contributed by atoms with van der Waals surface area (Å²) in [6.07, 6.45) is 1.72. The number of rotatable bonds is 4. The lowest BCUT2D eigenvalue weighted by Crippen LogP contribution is -2.29. The highest BCUT2D eigenvalue weighted by Gasteiger charge is 2.21. The van der Waals surface area contributed by atoms with Crippen molar-refractivity contribution in [3.63, 3.8) is 0 Å². The van der Waals surface area contributed by atoms with Crippen LogP contribution >= 0.6 is 43.2 Å². The molecule has 96 valence electrons. The third-order valence-corrected chi connectivity index (χ3v) is 5.73. The maximum Gasteiger partial charge on any atom is 0.142 e. The lowest BCUT2D eigenvalue weighted by atomic mass is 10.1. The van der Waals surface area contributed by atoms with Crippen LogP contribution in [0.5, 0.6) is 5.75 Å². The summed E-state index contributed by atoms with van der Waals surface area (Å²) in [4.78, 5) is 5.39. The number of halogens is 2. The number of thiophene rings is 1. The van der Waals surface area contributed by atoms with Crippen LogP contribution in [0.4, 0.5) is 0 Å². The summed E-state index contributed by atoms with van der Waals surface area (Å²) in [5.41, 5.74) is 3.54. The van der Waals surface area contributed by atoms with E-state index in [-0.39, 0.29) is 6.04 Å². The van der Waals surface area contributed by atoms with Gasteiger partial charge in [-0.25, -0.2) is 5.43 Å². The standard InChI is InChI=1S/C11H11Br2N3OS/c1-17-7-3-2-4-15-9(7)10(16-14)8-5-6(12)11(13)18-8/h2-5,10,16H,14H2,1H3. The van der Waals surface area contributed by atoms with E-state index in [1.54, 1.807) is 24.6 Å².